The van der Waals surface area contributed by atoms with Crippen LogP contribution in [0.3, 0.4) is 0 Å². The first-order valence-corrected chi connectivity index (χ1v) is 11.0. The summed E-state index contributed by atoms with van der Waals surface area (Å²) in [5.41, 5.74) is 1.99. The maximum atomic E-state index is 13.0. The van der Waals surface area contributed by atoms with Crippen LogP contribution in [0.4, 0.5) is 5.69 Å². The van der Waals surface area contributed by atoms with Gasteiger partial charge >= 0.3 is 5.97 Å². The normalized spacial score (nSPS) is 12.7. The quantitative estimate of drug-likeness (QED) is 0.245. The van der Waals surface area contributed by atoms with Gasteiger partial charge in [0.25, 0.3) is 11.8 Å². The van der Waals surface area contributed by atoms with Crippen molar-refractivity contribution < 1.29 is 28.7 Å². The number of amides is 2. The predicted octanol–water partition coefficient (Wildman–Crippen LogP) is 4.41. The monoisotopic (exact) mass is 468 g/mol. The Labute approximate surface area is 200 Å². The van der Waals surface area contributed by atoms with Gasteiger partial charge in [-0.1, -0.05) is 18.2 Å². The van der Waals surface area contributed by atoms with E-state index in [4.69, 9.17) is 9.47 Å². The van der Waals surface area contributed by atoms with Crippen LogP contribution in [0.1, 0.15) is 48.4 Å². The van der Waals surface area contributed by atoms with E-state index >= 15 is 0 Å². The Morgan fingerprint density at radius 3 is 2.43 bits per heavy atom. The molecule has 4 aromatic rings. The van der Waals surface area contributed by atoms with E-state index < -0.39 is 24.4 Å². The number of aromatic amines is 1. The highest BCUT2D eigenvalue weighted by atomic mass is 16.5. The standard InChI is InChI=1S/C27H20N2O6/c1-2-34-18-10-8-17(9-11-18)29-25(31)20-12-7-16(13-21(20)26(29)32)27(33)35-15-24(30)22-14-28-23-6-4-3-5-19(22)23/h3-14,28H,2,15H2,1H3. The molecule has 0 fully saturated rings. The average Bonchev–Trinajstić information content (AvgIpc) is 3.42. The summed E-state index contributed by atoms with van der Waals surface area (Å²) in [4.78, 5) is 55.1. The molecule has 0 bridgehead atoms. The van der Waals surface area contributed by atoms with Gasteiger partial charge in [-0.15, -0.1) is 0 Å². The van der Waals surface area contributed by atoms with Gasteiger partial charge in [0.2, 0.25) is 5.78 Å². The molecule has 2 heterocycles. The van der Waals surface area contributed by atoms with E-state index in [1.807, 2.05) is 25.1 Å². The summed E-state index contributed by atoms with van der Waals surface area (Å²) in [6.07, 6.45) is 1.58. The summed E-state index contributed by atoms with van der Waals surface area (Å²) >= 11 is 0. The first kappa shape index (κ1) is 22.1. The largest absolute Gasteiger partial charge is 0.494 e. The highest BCUT2D eigenvalue weighted by Crippen LogP contribution is 2.30. The number of aromatic nitrogens is 1. The summed E-state index contributed by atoms with van der Waals surface area (Å²) in [5.74, 6) is -1.52. The molecule has 0 spiro atoms. The molecule has 0 saturated heterocycles. The highest BCUT2D eigenvalue weighted by Gasteiger charge is 2.37. The third-order valence-corrected chi connectivity index (χ3v) is 5.75. The number of imide groups is 1. The fourth-order valence-corrected chi connectivity index (χ4v) is 4.05. The number of nitrogens with zero attached hydrogens (tertiary/aromatic N) is 1. The number of ether oxygens (including phenoxy) is 2. The first-order valence-electron chi connectivity index (χ1n) is 11.0. The summed E-state index contributed by atoms with van der Waals surface area (Å²) in [5, 5.41) is 0.740. The van der Waals surface area contributed by atoms with E-state index in [1.165, 1.54) is 18.2 Å². The van der Waals surface area contributed by atoms with E-state index in [1.54, 1.807) is 36.5 Å². The van der Waals surface area contributed by atoms with Crippen LogP contribution in [-0.2, 0) is 4.74 Å². The molecule has 3 aromatic carbocycles. The number of hydrogen-bond donors (Lipinski definition) is 1. The lowest BCUT2D eigenvalue weighted by Crippen LogP contribution is -2.29. The average molecular weight is 468 g/mol. The molecule has 1 aromatic heterocycles. The maximum Gasteiger partial charge on any atom is 0.338 e. The molecule has 0 unspecified atom stereocenters. The first-order chi connectivity index (χ1) is 17.0. The number of nitrogens with one attached hydrogen (secondary N) is 1. The van der Waals surface area contributed by atoms with Crippen molar-refractivity contribution in [2.45, 2.75) is 6.92 Å². The van der Waals surface area contributed by atoms with Crippen molar-refractivity contribution in [3.63, 3.8) is 0 Å². The zero-order valence-electron chi connectivity index (χ0n) is 18.7. The van der Waals surface area contributed by atoms with Crippen molar-refractivity contribution in [2.24, 2.45) is 0 Å². The maximum absolute atomic E-state index is 13.0. The minimum absolute atomic E-state index is 0.0742. The molecule has 1 aliphatic heterocycles. The number of ketones is 1. The number of para-hydroxylation sites is 1. The highest BCUT2D eigenvalue weighted by molar-refractivity contribution is 6.34. The second-order valence-electron chi connectivity index (χ2n) is 7.88. The van der Waals surface area contributed by atoms with Crippen LogP contribution in [-0.4, -0.2) is 41.8 Å². The van der Waals surface area contributed by atoms with Crippen molar-refractivity contribution in [3.8, 4) is 5.75 Å². The van der Waals surface area contributed by atoms with Crippen molar-refractivity contribution in [1.82, 2.24) is 4.98 Å². The molecule has 0 saturated carbocycles. The number of benzene rings is 3. The number of fused-ring (bicyclic) bond motifs is 2. The molecule has 5 rings (SSSR count). The minimum Gasteiger partial charge on any atom is -0.494 e. The summed E-state index contributed by atoms with van der Waals surface area (Å²) in [6, 6.07) is 18.1. The molecule has 1 N–H and O–H groups in total. The van der Waals surface area contributed by atoms with Crippen molar-refractivity contribution in [2.75, 3.05) is 18.1 Å². The molecule has 8 nitrogen and oxygen atoms in total. The fourth-order valence-electron chi connectivity index (χ4n) is 4.05. The van der Waals surface area contributed by atoms with Crippen molar-refractivity contribution in [3.05, 3.63) is 95.2 Å². The second kappa shape index (κ2) is 8.90. The minimum atomic E-state index is -0.763. The van der Waals surface area contributed by atoms with E-state index in [0.717, 1.165) is 15.8 Å². The van der Waals surface area contributed by atoms with Gasteiger partial charge in [-0.3, -0.25) is 14.4 Å². The van der Waals surface area contributed by atoms with Gasteiger partial charge in [0.15, 0.2) is 6.61 Å². The van der Waals surface area contributed by atoms with E-state index in [0.29, 0.717) is 23.6 Å². The number of carbonyl (C=O) groups is 4. The Hall–Kier alpha value is -4.72. The zero-order valence-corrected chi connectivity index (χ0v) is 18.7. The van der Waals surface area contributed by atoms with Crippen LogP contribution in [0.15, 0.2) is 72.9 Å². The number of rotatable bonds is 7. The van der Waals surface area contributed by atoms with E-state index in [-0.39, 0.29) is 22.5 Å². The zero-order chi connectivity index (χ0) is 24.5. The van der Waals surface area contributed by atoms with Gasteiger partial charge in [-0.2, -0.15) is 0 Å². The molecule has 0 atom stereocenters. The van der Waals surface area contributed by atoms with Crippen molar-refractivity contribution in [1.29, 1.82) is 0 Å². The van der Waals surface area contributed by atoms with Gasteiger partial charge in [0.05, 0.1) is 29.0 Å². The fraction of sp³-hybridized carbons (Fsp3) is 0.111. The Bertz CT molecular complexity index is 1490. The lowest BCUT2D eigenvalue weighted by molar-refractivity contribution is 0.0475. The predicted molar refractivity (Wildman–Crippen MR) is 128 cm³/mol. The van der Waals surface area contributed by atoms with Crippen LogP contribution >= 0.6 is 0 Å². The third-order valence-electron chi connectivity index (χ3n) is 5.75. The molecular formula is C27H20N2O6. The number of hydrogen-bond acceptors (Lipinski definition) is 6. The number of H-pyrrole nitrogens is 1. The summed E-state index contributed by atoms with van der Waals surface area (Å²) in [6.45, 7) is 1.90. The molecule has 0 radical (unpaired) electrons. The summed E-state index contributed by atoms with van der Waals surface area (Å²) < 4.78 is 10.6. The van der Waals surface area contributed by atoms with Gasteiger partial charge in [-0.25, -0.2) is 9.69 Å². The molecule has 174 valence electrons. The molecule has 1 aliphatic rings. The Morgan fingerprint density at radius 2 is 1.66 bits per heavy atom. The van der Waals surface area contributed by atoms with E-state index in [2.05, 4.69) is 4.98 Å². The number of carbonyl (C=O) groups excluding carboxylic acids is 4. The molecule has 8 heteroatoms. The van der Waals surface area contributed by atoms with Crippen LogP contribution in [0.25, 0.3) is 10.9 Å². The van der Waals surface area contributed by atoms with Gasteiger partial charge in [0, 0.05) is 22.7 Å². The smallest absolute Gasteiger partial charge is 0.338 e. The third kappa shape index (κ3) is 3.95. The second-order valence-corrected chi connectivity index (χ2v) is 7.88. The van der Waals surface area contributed by atoms with Gasteiger partial charge in [0.1, 0.15) is 5.75 Å². The lowest BCUT2D eigenvalue weighted by atomic mass is 10.1. The van der Waals surface area contributed by atoms with Gasteiger partial charge < -0.3 is 14.5 Å². The van der Waals surface area contributed by atoms with Gasteiger partial charge in [-0.05, 0) is 55.5 Å². The Morgan fingerprint density at radius 1 is 0.914 bits per heavy atom. The van der Waals surface area contributed by atoms with Crippen LogP contribution in [0, 0.1) is 0 Å². The van der Waals surface area contributed by atoms with Crippen LogP contribution in [0.5, 0.6) is 5.75 Å². The molecule has 35 heavy (non-hydrogen) atoms. The Kier molecular flexibility index (Phi) is 5.62. The topological polar surface area (TPSA) is 106 Å². The SMILES string of the molecule is CCOc1ccc(N2C(=O)c3ccc(C(=O)OCC(=O)c4c[nH]c5ccccc45)cc3C2=O)cc1. The number of anilines is 1. The molecule has 0 aliphatic carbocycles. The Balaban J connectivity index is 1.31. The van der Waals surface area contributed by atoms with E-state index in [9.17, 15) is 19.2 Å². The number of esters is 1. The van der Waals surface area contributed by atoms with Crippen molar-refractivity contribution >= 4 is 40.2 Å². The molecular weight excluding hydrogens is 448 g/mol. The number of Topliss-reactive ketones (excluding diaryl/α,β-unsaturated/α-hetero) is 1. The summed E-state index contributed by atoms with van der Waals surface area (Å²) in [7, 11) is 0. The lowest BCUT2D eigenvalue weighted by Gasteiger charge is -2.14. The molecule has 2 amide bonds. The van der Waals surface area contributed by atoms with Crippen LogP contribution < -0.4 is 9.64 Å². The van der Waals surface area contributed by atoms with Crippen LogP contribution in [0.2, 0.25) is 0 Å².